The lowest BCUT2D eigenvalue weighted by molar-refractivity contribution is -0.954. The Kier molecular flexibility index (Phi) is 6.93. The van der Waals surface area contributed by atoms with Crippen molar-refractivity contribution in [2.24, 2.45) is 5.92 Å². The van der Waals surface area contributed by atoms with E-state index in [4.69, 9.17) is 4.74 Å². The summed E-state index contributed by atoms with van der Waals surface area (Å²) in [5, 5.41) is 3.07. The van der Waals surface area contributed by atoms with Gasteiger partial charge in [-0.05, 0) is 51.0 Å². The molecule has 1 amide bonds. The lowest BCUT2D eigenvalue weighted by Crippen LogP contribution is -3.22. The molecule has 9 heteroatoms. The Labute approximate surface area is 172 Å². The molecule has 0 atom stereocenters. The van der Waals surface area contributed by atoms with Crippen molar-refractivity contribution in [1.82, 2.24) is 9.62 Å². The van der Waals surface area contributed by atoms with Gasteiger partial charge in [-0.3, -0.25) is 4.79 Å². The van der Waals surface area contributed by atoms with Gasteiger partial charge >= 0.3 is 0 Å². The van der Waals surface area contributed by atoms with E-state index in [0.29, 0.717) is 19.4 Å². The predicted octanol–water partition coefficient (Wildman–Crippen LogP) is 0.0363. The predicted molar refractivity (Wildman–Crippen MR) is 106 cm³/mol. The Morgan fingerprint density at radius 1 is 1.21 bits per heavy atom. The number of morpholine rings is 1. The van der Waals surface area contributed by atoms with Crippen molar-refractivity contribution in [3.8, 4) is 0 Å². The van der Waals surface area contributed by atoms with Crippen LogP contribution in [0.1, 0.15) is 26.7 Å². The minimum atomic E-state index is -3.66. The molecule has 2 aliphatic rings. The first-order valence-electron chi connectivity index (χ1n) is 10.2. The maximum atomic E-state index is 13.1. The minimum Gasteiger partial charge on any atom is -0.370 e. The highest BCUT2D eigenvalue weighted by Crippen LogP contribution is 2.24. The summed E-state index contributed by atoms with van der Waals surface area (Å²) >= 11 is 0. The number of nitrogens with zero attached hydrogens (tertiary/aromatic N) is 1. The standard InChI is InChI=1S/C20H30FN3O4S/c1-20(2,23-11-13-28-14-12-23)15-22-19(25)16-7-9-24(10-8-16)29(26,27)18-5-3-17(21)4-6-18/h3-6,16H,7-15H2,1-2H3,(H,22,25)/p+1. The molecular weight excluding hydrogens is 397 g/mol. The topological polar surface area (TPSA) is 80.2 Å². The molecule has 2 N–H and O–H groups in total. The summed E-state index contributed by atoms with van der Waals surface area (Å²) in [7, 11) is -3.66. The van der Waals surface area contributed by atoms with E-state index in [1.54, 1.807) is 0 Å². The van der Waals surface area contributed by atoms with Crippen molar-refractivity contribution in [2.45, 2.75) is 37.1 Å². The van der Waals surface area contributed by atoms with Crippen LogP contribution in [-0.4, -0.2) is 70.1 Å². The number of rotatable bonds is 6. The zero-order valence-corrected chi connectivity index (χ0v) is 17.9. The molecule has 29 heavy (non-hydrogen) atoms. The average molecular weight is 429 g/mol. The zero-order chi connectivity index (χ0) is 21.1. The molecule has 2 aliphatic heterocycles. The van der Waals surface area contributed by atoms with Gasteiger partial charge in [0, 0.05) is 19.0 Å². The molecule has 0 aliphatic carbocycles. The number of nitrogens with one attached hydrogen (secondary N) is 2. The number of hydrogen-bond acceptors (Lipinski definition) is 4. The summed E-state index contributed by atoms with van der Waals surface area (Å²) in [4.78, 5) is 14.1. The van der Waals surface area contributed by atoms with Crippen LogP contribution < -0.4 is 10.2 Å². The molecule has 0 bridgehead atoms. The van der Waals surface area contributed by atoms with Gasteiger partial charge in [-0.25, -0.2) is 12.8 Å². The van der Waals surface area contributed by atoms with E-state index in [-0.39, 0.29) is 35.3 Å². The molecule has 2 heterocycles. The Morgan fingerprint density at radius 3 is 2.38 bits per heavy atom. The lowest BCUT2D eigenvalue weighted by atomic mass is 9.96. The van der Waals surface area contributed by atoms with Gasteiger partial charge in [0.25, 0.3) is 0 Å². The molecule has 2 fully saturated rings. The number of ether oxygens (including phenoxy) is 1. The van der Waals surface area contributed by atoms with E-state index in [1.807, 2.05) is 0 Å². The number of amides is 1. The van der Waals surface area contributed by atoms with Gasteiger partial charge < -0.3 is 15.0 Å². The molecule has 1 aromatic rings. The monoisotopic (exact) mass is 428 g/mol. The van der Waals surface area contributed by atoms with E-state index in [2.05, 4.69) is 19.2 Å². The molecule has 0 aromatic heterocycles. The van der Waals surface area contributed by atoms with Crippen molar-refractivity contribution >= 4 is 15.9 Å². The average Bonchev–Trinajstić information content (AvgIpc) is 2.73. The molecule has 162 valence electrons. The second-order valence-corrected chi connectivity index (χ2v) is 10.4. The zero-order valence-electron chi connectivity index (χ0n) is 17.1. The first-order valence-corrected chi connectivity index (χ1v) is 11.6. The van der Waals surface area contributed by atoms with Crippen molar-refractivity contribution in [3.05, 3.63) is 30.1 Å². The summed E-state index contributed by atoms with van der Waals surface area (Å²) < 4.78 is 45.3. The fourth-order valence-electron chi connectivity index (χ4n) is 3.99. The summed E-state index contributed by atoms with van der Waals surface area (Å²) in [6.45, 7) is 8.80. The van der Waals surface area contributed by atoms with Crippen molar-refractivity contribution in [2.75, 3.05) is 45.9 Å². The SMILES string of the molecule is CC(C)(CNC(=O)C1CCN(S(=O)(=O)c2ccc(F)cc2)CC1)[NH+]1CCOCC1. The number of hydrogen-bond donors (Lipinski definition) is 2. The highest BCUT2D eigenvalue weighted by atomic mass is 32.2. The van der Waals surface area contributed by atoms with E-state index in [1.165, 1.54) is 21.3 Å². The van der Waals surface area contributed by atoms with Crippen molar-refractivity contribution in [1.29, 1.82) is 0 Å². The van der Waals surface area contributed by atoms with Crippen LogP contribution in [0.2, 0.25) is 0 Å². The van der Waals surface area contributed by atoms with Crippen LogP contribution in [0, 0.1) is 11.7 Å². The quantitative estimate of drug-likeness (QED) is 0.670. The second kappa shape index (κ2) is 9.07. The van der Waals surface area contributed by atoms with Gasteiger partial charge in [0.1, 0.15) is 24.4 Å². The van der Waals surface area contributed by atoms with E-state index >= 15 is 0 Å². The Morgan fingerprint density at radius 2 is 1.79 bits per heavy atom. The first kappa shape index (κ1) is 22.1. The van der Waals surface area contributed by atoms with Gasteiger partial charge in [-0.1, -0.05) is 0 Å². The third kappa shape index (κ3) is 5.33. The van der Waals surface area contributed by atoms with Gasteiger partial charge in [0.05, 0.1) is 24.7 Å². The summed E-state index contributed by atoms with van der Waals surface area (Å²) in [6, 6.07) is 4.84. The highest BCUT2D eigenvalue weighted by molar-refractivity contribution is 7.89. The molecule has 2 saturated heterocycles. The Hall–Kier alpha value is -1.55. The first-order chi connectivity index (χ1) is 13.7. The van der Waals surface area contributed by atoms with Gasteiger partial charge in [0.15, 0.2) is 0 Å². The largest absolute Gasteiger partial charge is 0.370 e. The van der Waals surface area contributed by atoms with E-state index in [9.17, 15) is 17.6 Å². The second-order valence-electron chi connectivity index (χ2n) is 8.45. The van der Waals surface area contributed by atoms with E-state index in [0.717, 1.165) is 38.4 Å². The van der Waals surface area contributed by atoms with Gasteiger partial charge in [-0.2, -0.15) is 4.31 Å². The number of benzene rings is 1. The molecule has 0 saturated carbocycles. The smallest absolute Gasteiger partial charge is 0.243 e. The van der Waals surface area contributed by atoms with Gasteiger partial charge in [0.2, 0.25) is 15.9 Å². The number of carbonyl (C=O) groups excluding carboxylic acids is 1. The fourth-order valence-corrected chi connectivity index (χ4v) is 5.46. The third-order valence-corrected chi connectivity index (χ3v) is 7.95. The number of halogens is 1. The van der Waals surface area contributed by atoms with Crippen LogP contribution >= 0.6 is 0 Å². The molecule has 0 unspecified atom stereocenters. The van der Waals surface area contributed by atoms with Crippen LogP contribution in [0.15, 0.2) is 29.2 Å². The summed E-state index contributed by atoms with van der Waals surface area (Å²) in [5.74, 6) is -0.670. The molecular formula is C20H31FN3O4S+. The van der Waals surface area contributed by atoms with Crippen LogP contribution in [0.4, 0.5) is 4.39 Å². The Balaban J connectivity index is 1.51. The fraction of sp³-hybridized carbons (Fsp3) is 0.650. The maximum Gasteiger partial charge on any atom is 0.243 e. The normalized spacial score (nSPS) is 20.5. The van der Waals surface area contributed by atoms with Crippen molar-refractivity contribution < 1.29 is 27.2 Å². The molecule has 0 radical (unpaired) electrons. The maximum absolute atomic E-state index is 13.1. The number of quaternary nitrogens is 1. The van der Waals surface area contributed by atoms with Crippen molar-refractivity contribution in [3.63, 3.8) is 0 Å². The minimum absolute atomic E-state index is 0.00966. The number of piperidine rings is 1. The van der Waals surface area contributed by atoms with Gasteiger partial charge in [-0.15, -0.1) is 0 Å². The number of sulfonamides is 1. The molecule has 3 rings (SSSR count). The number of carbonyl (C=O) groups is 1. The van der Waals surface area contributed by atoms with Crippen LogP contribution in [0.5, 0.6) is 0 Å². The summed E-state index contributed by atoms with van der Waals surface area (Å²) in [6.07, 6.45) is 0.966. The van der Waals surface area contributed by atoms with E-state index < -0.39 is 15.8 Å². The highest BCUT2D eigenvalue weighted by Gasteiger charge is 2.35. The summed E-state index contributed by atoms with van der Waals surface area (Å²) in [5.41, 5.74) is -0.0773. The lowest BCUT2D eigenvalue weighted by Gasteiger charge is -2.38. The third-order valence-electron chi connectivity index (χ3n) is 6.03. The van der Waals surface area contributed by atoms with Crippen LogP contribution in [-0.2, 0) is 19.6 Å². The molecule has 1 aromatic carbocycles. The van der Waals surface area contributed by atoms with Crippen LogP contribution in [0.25, 0.3) is 0 Å². The van der Waals surface area contributed by atoms with Crippen LogP contribution in [0.3, 0.4) is 0 Å². The molecule has 7 nitrogen and oxygen atoms in total. The molecule has 0 spiro atoms. The Bertz CT molecular complexity index is 800.